The van der Waals surface area contributed by atoms with Crippen molar-refractivity contribution in [2.45, 2.75) is 18.4 Å². The SMILES string of the molecule is COc1ccc(N2CCN(C(=O)NC3CC3c3ccccc3)CC2)cc1. The molecule has 136 valence electrons. The number of urea groups is 1. The largest absolute Gasteiger partial charge is 0.497 e. The molecule has 5 heteroatoms. The van der Waals surface area contributed by atoms with Crippen LogP contribution in [0.25, 0.3) is 0 Å². The number of hydrogen-bond acceptors (Lipinski definition) is 3. The molecule has 2 unspecified atom stereocenters. The van der Waals surface area contributed by atoms with E-state index in [-0.39, 0.29) is 12.1 Å². The van der Waals surface area contributed by atoms with E-state index in [2.05, 4.69) is 46.6 Å². The summed E-state index contributed by atoms with van der Waals surface area (Å²) < 4.78 is 5.21. The molecule has 1 aliphatic carbocycles. The number of amides is 2. The maximum Gasteiger partial charge on any atom is 0.317 e. The molecule has 1 saturated carbocycles. The highest BCUT2D eigenvalue weighted by atomic mass is 16.5. The smallest absolute Gasteiger partial charge is 0.317 e. The molecule has 2 aliphatic rings. The van der Waals surface area contributed by atoms with E-state index in [1.807, 2.05) is 23.1 Å². The van der Waals surface area contributed by atoms with Crippen LogP contribution < -0.4 is 15.0 Å². The van der Waals surface area contributed by atoms with Crippen molar-refractivity contribution in [1.29, 1.82) is 0 Å². The predicted octanol–water partition coefficient (Wildman–Crippen LogP) is 3.08. The summed E-state index contributed by atoms with van der Waals surface area (Å²) in [5, 5.41) is 3.19. The summed E-state index contributed by atoms with van der Waals surface area (Å²) in [6, 6.07) is 18.9. The lowest BCUT2D eigenvalue weighted by Gasteiger charge is -2.36. The third-order valence-corrected chi connectivity index (χ3v) is 5.33. The number of hydrogen-bond donors (Lipinski definition) is 1. The van der Waals surface area contributed by atoms with E-state index in [1.165, 1.54) is 11.3 Å². The molecule has 2 aromatic rings. The maximum absolute atomic E-state index is 12.5. The van der Waals surface area contributed by atoms with E-state index in [9.17, 15) is 4.79 Å². The van der Waals surface area contributed by atoms with Crippen LogP contribution in [0, 0.1) is 0 Å². The minimum absolute atomic E-state index is 0.0720. The minimum atomic E-state index is 0.0720. The highest BCUT2D eigenvalue weighted by Gasteiger charge is 2.40. The fourth-order valence-electron chi connectivity index (χ4n) is 3.63. The molecule has 1 aliphatic heterocycles. The van der Waals surface area contributed by atoms with E-state index < -0.39 is 0 Å². The Balaban J connectivity index is 1.26. The average Bonchev–Trinajstić information content (AvgIpc) is 3.48. The lowest BCUT2D eigenvalue weighted by atomic mass is 10.1. The molecule has 1 saturated heterocycles. The molecule has 0 spiro atoms. The topological polar surface area (TPSA) is 44.8 Å². The fourth-order valence-corrected chi connectivity index (χ4v) is 3.63. The van der Waals surface area contributed by atoms with Crippen molar-refractivity contribution in [2.24, 2.45) is 0 Å². The Kier molecular flexibility index (Phi) is 4.69. The third kappa shape index (κ3) is 3.62. The van der Waals surface area contributed by atoms with Crippen LogP contribution in [0.5, 0.6) is 5.75 Å². The van der Waals surface area contributed by atoms with E-state index in [0.717, 1.165) is 38.3 Å². The number of nitrogens with zero attached hydrogens (tertiary/aromatic N) is 2. The van der Waals surface area contributed by atoms with Gasteiger partial charge in [0.2, 0.25) is 0 Å². The van der Waals surface area contributed by atoms with Crippen molar-refractivity contribution in [1.82, 2.24) is 10.2 Å². The van der Waals surface area contributed by atoms with Gasteiger partial charge in [-0.1, -0.05) is 30.3 Å². The summed E-state index contributed by atoms with van der Waals surface area (Å²) in [7, 11) is 1.68. The Morgan fingerprint density at radius 2 is 1.69 bits per heavy atom. The van der Waals surface area contributed by atoms with E-state index in [0.29, 0.717) is 5.92 Å². The van der Waals surface area contributed by atoms with Gasteiger partial charge in [-0.05, 0) is 36.2 Å². The molecule has 5 nitrogen and oxygen atoms in total. The number of rotatable bonds is 4. The van der Waals surface area contributed by atoms with Crippen LogP contribution in [0.3, 0.4) is 0 Å². The van der Waals surface area contributed by atoms with Crippen LogP contribution >= 0.6 is 0 Å². The number of nitrogens with one attached hydrogen (secondary N) is 1. The highest BCUT2D eigenvalue weighted by molar-refractivity contribution is 5.75. The van der Waals surface area contributed by atoms with Gasteiger partial charge in [0.1, 0.15) is 5.75 Å². The molecule has 2 aromatic carbocycles. The van der Waals surface area contributed by atoms with E-state index in [4.69, 9.17) is 4.74 Å². The van der Waals surface area contributed by atoms with E-state index >= 15 is 0 Å². The zero-order chi connectivity index (χ0) is 17.9. The normalized spacial score (nSPS) is 22.0. The number of ether oxygens (including phenoxy) is 1. The Hall–Kier alpha value is -2.69. The Morgan fingerprint density at radius 3 is 2.35 bits per heavy atom. The molecule has 2 atom stereocenters. The van der Waals surface area contributed by atoms with Gasteiger partial charge in [-0.2, -0.15) is 0 Å². The van der Waals surface area contributed by atoms with Crippen molar-refractivity contribution in [3.8, 4) is 5.75 Å². The fraction of sp³-hybridized carbons (Fsp3) is 0.381. The monoisotopic (exact) mass is 351 g/mol. The number of piperazine rings is 1. The molecular weight excluding hydrogens is 326 g/mol. The van der Waals surface area contributed by atoms with Crippen LogP contribution in [0.1, 0.15) is 17.9 Å². The Bertz CT molecular complexity index is 740. The van der Waals surface area contributed by atoms with Gasteiger partial charge in [-0.15, -0.1) is 0 Å². The van der Waals surface area contributed by atoms with Crippen LogP contribution in [-0.2, 0) is 0 Å². The average molecular weight is 351 g/mol. The molecule has 0 radical (unpaired) electrons. The second-order valence-electron chi connectivity index (χ2n) is 6.98. The van der Waals surface area contributed by atoms with Crippen molar-refractivity contribution in [2.75, 3.05) is 38.2 Å². The van der Waals surface area contributed by atoms with E-state index in [1.54, 1.807) is 7.11 Å². The molecule has 4 rings (SSSR count). The number of carbonyl (C=O) groups excluding carboxylic acids is 1. The first-order valence-corrected chi connectivity index (χ1v) is 9.24. The first-order chi connectivity index (χ1) is 12.7. The lowest BCUT2D eigenvalue weighted by Crippen LogP contribution is -2.52. The van der Waals surface area contributed by atoms with Crippen molar-refractivity contribution in [3.05, 3.63) is 60.2 Å². The minimum Gasteiger partial charge on any atom is -0.497 e. The van der Waals surface area contributed by atoms with Gasteiger partial charge in [-0.25, -0.2) is 4.79 Å². The first kappa shape index (κ1) is 16.8. The molecule has 1 heterocycles. The molecule has 0 bridgehead atoms. The van der Waals surface area contributed by atoms with Crippen molar-refractivity contribution >= 4 is 11.7 Å². The summed E-state index contributed by atoms with van der Waals surface area (Å²) in [4.78, 5) is 16.8. The summed E-state index contributed by atoms with van der Waals surface area (Å²) in [6.07, 6.45) is 1.04. The van der Waals surface area contributed by atoms with Crippen molar-refractivity contribution in [3.63, 3.8) is 0 Å². The maximum atomic E-state index is 12.5. The zero-order valence-corrected chi connectivity index (χ0v) is 15.1. The van der Waals surface area contributed by atoms with Gasteiger partial charge in [0, 0.05) is 43.8 Å². The number of anilines is 1. The standard InChI is InChI=1S/C21H25N3O2/c1-26-18-9-7-17(8-10-18)23-11-13-24(14-12-23)21(25)22-20-15-19(20)16-5-3-2-4-6-16/h2-10,19-20H,11-15H2,1H3,(H,22,25). The molecule has 2 amide bonds. The number of benzene rings is 2. The summed E-state index contributed by atoms with van der Waals surface area (Å²) >= 11 is 0. The Morgan fingerprint density at radius 1 is 1.00 bits per heavy atom. The quantitative estimate of drug-likeness (QED) is 0.921. The lowest BCUT2D eigenvalue weighted by molar-refractivity contribution is 0.193. The summed E-state index contributed by atoms with van der Waals surface area (Å²) in [5.41, 5.74) is 2.50. The molecule has 2 fully saturated rings. The molecular formula is C21H25N3O2. The van der Waals surface area contributed by atoms with Gasteiger partial charge in [-0.3, -0.25) is 0 Å². The van der Waals surface area contributed by atoms with Crippen LogP contribution in [0.2, 0.25) is 0 Å². The molecule has 0 aromatic heterocycles. The number of methoxy groups -OCH3 is 1. The van der Waals surface area contributed by atoms with Crippen LogP contribution in [0.4, 0.5) is 10.5 Å². The summed E-state index contributed by atoms with van der Waals surface area (Å²) in [5.74, 6) is 1.34. The Labute approximate surface area is 154 Å². The van der Waals surface area contributed by atoms with Gasteiger partial charge in [0.15, 0.2) is 0 Å². The van der Waals surface area contributed by atoms with Crippen LogP contribution in [-0.4, -0.2) is 50.3 Å². The second kappa shape index (κ2) is 7.28. The van der Waals surface area contributed by atoms with Gasteiger partial charge >= 0.3 is 6.03 Å². The predicted molar refractivity (Wildman–Crippen MR) is 103 cm³/mol. The van der Waals surface area contributed by atoms with Gasteiger partial charge in [0.05, 0.1) is 7.11 Å². The third-order valence-electron chi connectivity index (χ3n) is 5.33. The van der Waals surface area contributed by atoms with Gasteiger partial charge < -0.3 is 19.9 Å². The number of carbonyl (C=O) groups is 1. The first-order valence-electron chi connectivity index (χ1n) is 9.24. The molecule has 26 heavy (non-hydrogen) atoms. The highest BCUT2D eigenvalue weighted by Crippen LogP contribution is 2.40. The van der Waals surface area contributed by atoms with Crippen LogP contribution in [0.15, 0.2) is 54.6 Å². The van der Waals surface area contributed by atoms with Crippen molar-refractivity contribution < 1.29 is 9.53 Å². The zero-order valence-electron chi connectivity index (χ0n) is 15.1. The molecule has 1 N–H and O–H groups in total. The second-order valence-corrected chi connectivity index (χ2v) is 6.98. The summed E-state index contributed by atoms with van der Waals surface area (Å²) in [6.45, 7) is 3.21. The van der Waals surface area contributed by atoms with Gasteiger partial charge in [0.25, 0.3) is 0 Å².